The summed E-state index contributed by atoms with van der Waals surface area (Å²) in [6, 6.07) is 5.31. The van der Waals surface area contributed by atoms with Gasteiger partial charge >= 0.3 is 0 Å². The van der Waals surface area contributed by atoms with E-state index >= 15 is 0 Å². The van der Waals surface area contributed by atoms with Crippen LogP contribution in [0.15, 0.2) is 23.1 Å². The molecule has 1 saturated heterocycles. The summed E-state index contributed by atoms with van der Waals surface area (Å²) >= 11 is 0. The standard InChI is InChI=1S/C15H24N2O4S2/c1-12-4-5-13(2)14(10-12)23(20,21)17-8-7-16-15(3)6-9-22(18,19)11-15/h4-5,10,16-17H,6-9,11H2,1-3H3/t15-/m1/s1. The molecule has 0 amide bonds. The van der Waals surface area contributed by atoms with Crippen molar-refractivity contribution in [2.45, 2.75) is 37.6 Å². The molecule has 0 unspecified atom stereocenters. The van der Waals surface area contributed by atoms with Crippen molar-refractivity contribution in [3.05, 3.63) is 29.3 Å². The maximum atomic E-state index is 12.3. The van der Waals surface area contributed by atoms with Gasteiger partial charge in [0.05, 0.1) is 16.4 Å². The highest BCUT2D eigenvalue weighted by molar-refractivity contribution is 7.91. The predicted molar refractivity (Wildman–Crippen MR) is 90.8 cm³/mol. The van der Waals surface area contributed by atoms with Crippen LogP contribution in [-0.2, 0) is 19.9 Å². The Morgan fingerprint density at radius 2 is 1.91 bits per heavy atom. The topological polar surface area (TPSA) is 92.3 Å². The van der Waals surface area contributed by atoms with Crippen molar-refractivity contribution in [1.29, 1.82) is 0 Å². The number of sulfone groups is 1. The van der Waals surface area contributed by atoms with Gasteiger partial charge in [-0.05, 0) is 44.4 Å². The lowest BCUT2D eigenvalue weighted by molar-refractivity contribution is 0.400. The van der Waals surface area contributed by atoms with Gasteiger partial charge in [0, 0.05) is 18.6 Å². The van der Waals surface area contributed by atoms with Crippen LogP contribution < -0.4 is 10.0 Å². The molecule has 0 bridgehead atoms. The summed E-state index contributed by atoms with van der Waals surface area (Å²) in [6.45, 7) is 6.07. The quantitative estimate of drug-likeness (QED) is 0.730. The molecule has 1 fully saturated rings. The molecular formula is C15H24N2O4S2. The SMILES string of the molecule is Cc1ccc(C)c(S(=O)(=O)NCCN[C@]2(C)CCS(=O)(=O)C2)c1. The third-order valence-corrected chi connectivity index (χ3v) is 7.61. The number of rotatable bonds is 6. The van der Waals surface area contributed by atoms with Crippen LogP contribution in [-0.4, -0.2) is 47.0 Å². The average molecular weight is 361 g/mol. The highest BCUT2D eigenvalue weighted by Gasteiger charge is 2.37. The zero-order valence-electron chi connectivity index (χ0n) is 13.7. The Hall–Kier alpha value is -0.960. The van der Waals surface area contributed by atoms with Crippen LogP contribution in [0.3, 0.4) is 0 Å². The molecule has 1 aliphatic rings. The molecule has 8 heteroatoms. The van der Waals surface area contributed by atoms with E-state index in [0.29, 0.717) is 18.5 Å². The van der Waals surface area contributed by atoms with E-state index in [1.807, 2.05) is 19.9 Å². The van der Waals surface area contributed by atoms with Gasteiger partial charge in [-0.15, -0.1) is 0 Å². The van der Waals surface area contributed by atoms with E-state index in [-0.39, 0.29) is 22.9 Å². The lowest BCUT2D eigenvalue weighted by Gasteiger charge is -2.24. The minimum Gasteiger partial charge on any atom is -0.309 e. The third-order valence-electron chi connectivity index (χ3n) is 4.11. The smallest absolute Gasteiger partial charge is 0.240 e. The van der Waals surface area contributed by atoms with Crippen molar-refractivity contribution < 1.29 is 16.8 Å². The van der Waals surface area contributed by atoms with Crippen LogP contribution in [0, 0.1) is 13.8 Å². The summed E-state index contributed by atoms with van der Waals surface area (Å²) < 4.78 is 50.3. The molecule has 0 spiro atoms. The Balaban J connectivity index is 1.92. The van der Waals surface area contributed by atoms with Crippen LogP contribution in [0.4, 0.5) is 0 Å². The van der Waals surface area contributed by atoms with Gasteiger partial charge in [0.25, 0.3) is 0 Å². The number of hydrogen-bond acceptors (Lipinski definition) is 5. The molecule has 1 atom stereocenters. The minimum atomic E-state index is -3.56. The molecule has 1 aromatic carbocycles. The average Bonchev–Trinajstić information content (AvgIpc) is 2.72. The number of benzene rings is 1. The summed E-state index contributed by atoms with van der Waals surface area (Å²) in [5.74, 6) is 0.286. The number of sulfonamides is 1. The third kappa shape index (κ3) is 4.76. The molecule has 1 heterocycles. The molecule has 1 aromatic rings. The van der Waals surface area contributed by atoms with E-state index in [4.69, 9.17) is 0 Å². The van der Waals surface area contributed by atoms with Gasteiger partial charge in [-0.1, -0.05) is 12.1 Å². The number of hydrogen-bond donors (Lipinski definition) is 2. The molecule has 23 heavy (non-hydrogen) atoms. The van der Waals surface area contributed by atoms with E-state index in [0.717, 1.165) is 5.56 Å². The first-order valence-electron chi connectivity index (χ1n) is 7.55. The van der Waals surface area contributed by atoms with E-state index in [1.54, 1.807) is 19.1 Å². The Labute approximate surface area is 138 Å². The molecule has 130 valence electrons. The molecule has 0 saturated carbocycles. The van der Waals surface area contributed by atoms with Crippen LogP contribution in [0.25, 0.3) is 0 Å². The molecule has 2 N–H and O–H groups in total. The van der Waals surface area contributed by atoms with Crippen molar-refractivity contribution >= 4 is 19.9 Å². The van der Waals surface area contributed by atoms with Gasteiger partial charge in [0.2, 0.25) is 10.0 Å². The van der Waals surface area contributed by atoms with Crippen molar-refractivity contribution in [2.24, 2.45) is 0 Å². The predicted octanol–water partition coefficient (Wildman–Crippen LogP) is 0.749. The fraction of sp³-hybridized carbons (Fsp3) is 0.600. The second-order valence-corrected chi connectivity index (χ2v) is 10.4. The van der Waals surface area contributed by atoms with Crippen molar-refractivity contribution in [3.63, 3.8) is 0 Å². The van der Waals surface area contributed by atoms with E-state index in [1.165, 1.54) is 0 Å². The summed E-state index contributed by atoms with van der Waals surface area (Å²) in [7, 11) is -6.53. The van der Waals surface area contributed by atoms with Crippen LogP contribution in [0.2, 0.25) is 0 Å². The Kier molecular flexibility index (Phi) is 5.20. The van der Waals surface area contributed by atoms with Crippen molar-refractivity contribution in [2.75, 3.05) is 24.6 Å². The monoisotopic (exact) mass is 360 g/mol. The van der Waals surface area contributed by atoms with E-state index < -0.39 is 25.4 Å². The zero-order valence-corrected chi connectivity index (χ0v) is 15.4. The largest absolute Gasteiger partial charge is 0.309 e. The van der Waals surface area contributed by atoms with Crippen molar-refractivity contribution in [1.82, 2.24) is 10.0 Å². The van der Waals surface area contributed by atoms with Crippen LogP contribution in [0.5, 0.6) is 0 Å². The minimum absolute atomic E-state index is 0.101. The number of nitrogens with one attached hydrogen (secondary N) is 2. The Morgan fingerprint density at radius 1 is 1.22 bits per heavy atom. The normalized spacial score (nSPS) is 24.0. The second-order valence-electron chi connectivity index (χ2n) is 6.50. The summed E-state index contributed by atoms with van der Waals surface area (Å²) in [5.41, 5.74) is 1.12. The molecule has 1 aliphatic heterocycles. The van der Waals surface area contributed by atoms with E-state index in [2.05, 4.69) is 10.0 Å². The lowest BCUT2D eigenvalue weighted by Crippen LogP contribution is -2.46. The summed E-state index contributed by atoms with van der Waals surface area (Å²) in [5, 5.41) is 3.16. The van der Waals surface area contributed by atoms with Gasteiger partial charge in [-0.25, -0.2) is 21.6 Å². The van der Waals surface area contributed by atoms with Crippen molar-refractivity contribution in [3.8, 4) is 0 Å². The maximum Gasteiger partial charge on any atom is 0.240 e. The Morgan fingerprint density at radius 3 is 2.52 bits per heavy atom. The molecule has 0 aliphatic carbocycles. The fourth-order valence-corrected chi connectivity index (χ4v) is 6.26. The van der Waals surface area contributed by atoms with E-state index in [9.17, 15) is 16.8 Å². The first-order valence-corrected chi connectivity index (χ1v) is 10.9. The van der Waals surface area contributed by atoms with Gasteiger partial charge in [-0.3, -0.25) is 0 Å². The van der Waals surface area contributed by atoms with Gasteiger partial charge < -0.3 is 5.32 Å². The summed E-state index contributed by atoms with van der Waals surface area (Å²) in [4.78, 5) is 0.284. The van der Waals surface area contributed by atoms with Gasteiger partial charge in [0.1, 0.15) is 0 Å². The molecule has 0 aromatic heterocycles. The number of aryl methyl sites for hydroxylation is 2. The second kappa shape index (κ2) is 6.51. The van der Waals surface area contributed by atoms with Gasteiger partial charge in [0.15, 0.2) is 9.84 Å². The highest BCUT2D eigenvalue weighted by atomic mass is 32.2. The molecule has 0 radical (unpaired) electrons. The zero-order chi connectivity index (χ0) is 17.3. The molecular weight excluding hydrogens is 336 g/mol. The maximum absolute atomic E-state index is 12.3. The van der Waals surface area contributed by atoms with Gasteiger partial charge in [-0.2, -0.15) is 0 Å². The highest BCUT2D eigenvalue weighted by Crippen LogP contribution is 2.22. The molecule has 6 nitrogen and oxygen atoms in total. The lowest BCUT2D eigenvalue weighted by atomic mass is 10.0. The van der Waals surface area contributed by atoms with Crippen LogP contribution in [0.1, 0.15) is 24.5 Å². The first-order chi connectivity index (χ1) is 10.5. The summed E-state index contributed by atoms with van der Waals surface area (Å²) in [6.07, 6.45) is 0.555. The fourth-order valence-electron chi connectivity index (χ4n) is 2.77. The molecule has 2 rings (SSSR count). The Bertz CT molecular complexity index is 788. The van der Waals surface area contributed by atoms with Crippen LogP contribution >= 0.6 is 0 Å². The first kappa shape index (κ1) is 18.4.